The zero-order chi connectivity index (χ0) is 16.9. The first kappa shape index (κ1) is 17.4. The van der Waals surface area contributed by atoms with Crippen LogP contribution >= 0.6 is 0 Å². The van der Waals surface area contributed by atoms with Crippen molar-refractivity contribution in [2.24, 2.45) is 0 Å². The van der Waals surface area contributed by atoms with Crippen molar-refractivity contribution in [2.45, 2.75) is 31.6 Å². The number of aromatic nitrogens is 1. The molecule has 7 heteroatoms. The molecule has 1 N–H and O–H groups in total. The molecule has 0 saturated carbocycles. The van der Waals surface area contributed by atoms with Crippen molar-refractivity contribution < 1.29 is 18.4 Å². The Hall–Kier alpha value is -1.99. The Kier molecular flexibility index (Phi) is 5.68. The van der Waals surface area contributed by atoms with Gasteiger partial charge < -0.3 is 0 Å². The predicted octanol–water partition coefficient (Wildman–Crippen LogP) is 2.17. The van der Waals surface area contributed by atoms with Gasteiger partial charge in [-0.1, -0.05) is 31.5 Å². The van der Waals surface area contributed by atoms with Crippen LogP contribution in [0, 0.1) is 0 Å². The number of fused-ring (bicyclic) bond motifs is 1. The fourth-order valence-corrected chi connectivity index (χ4v) is 4.20. The van der Waals surface area contributed by atoms with E-state index in [4.69, 9.17) is 0 Å². The van der Waals surface area contributed by atoms with Gasteiger partial charge in [0, 0.05) is 11.6 Å². The van der Waals surface area contributed by atoms with Crippen molar-refractivity contribution in [3.8, 4) is 0 Å². The quantitative estimate of drug-likeness (QED) is 0.453. The summed E-state index contributed by atoms with van der Waals surface area (Å²) in [5.41, 5.74) is 1.40. The van der Waals surface area contributed by atoms with Gasteiger partial charge in [-0.15, -0.1) is 0 Å². The topological polar surface area (TPSA) is 87.6 Å². The second-order valence-electron chi connectivity index (χ2n) is 5.52. The molecule has 124 valence electrons. The fraction of sp³-hybridized carbons (Fsp3) is 0.375. The number of rotatable bonds is 8. The van der Waals surface area contributed by atoms with Gasteiger partial charge in [-0.3, -0.25) is 15.0 Å². The van der Waals surface area contributed by atoms with E-state index >= 15 is 0 Å². The number of para-hydroxylation sites is 1. The maximum Gasteiger partial charge on any atom is 0.233 e. The molecule has 1 aromatic heterocycles. The van der Waals surface area contributed by atoms with Crippen LogP contribution in [-0.2, 0) is 20.4 Å². The number of carbonyl (C=O) groups excluding carboxylic acids is 1. The molecular weight excluding hydrogens is 316 g/mol. The van der Waals surface area contributed by atoms with Crippen LogP contribution in [0.1, 0.15) is 25.3 Å². The highest BCUT2D eigenvalue weighted by Gasteiger charge is 2.23. The summed E-state index contributed by atoms with van der Waals surface area (Å²) >= 11 is 0. The van der Waals surface area contributed by atoms with Gasteiger partial charge in [0.15, 0.2) is 9.84 Å². The number of pyridine rings is 1. The van der Waals surface area contributed by atoms with E-state index in [1.165, 1.54) is 0 Å². The van der Waals surface area contributed by atoms with Gasteiger partial charge >= 0.3 is 0 Å². The Morgan fingerprint density at radius 2 is 2.09 bits per heavy atom. The van der Waals surface area contributed by atoms with Crippen molar-refractivity contribution in [3.63, 3.8) is 0 Å². The van der Waals surface area contributed by atoms with E-state index in [9.17, 15) is 18.4 Å². The Morgan fingerprint density at radius 3 is 2.78 bits per heavy atom. The highest BCUT2D eigenvalue weighted by Crippen LogP contribution is 2.16. The van der Waals surface area contributed by atoms with Gasteiger partial charge in [0.2, 0.25) is 6.41 Å². The average Bonchev–Trinajstić information content (AvgIpc) is 2.53. The number of carbonyl (C=O) groups is 1. The third kappa shape index (κ3) is 4.74. The molecule has 2 rings (SSSR count). The Labute approximate surface area is 135 Å². The molecule has 0 aliphatic rings. The summed E-state index contributed by atoms with van der Waals surface area (Å²) in [4.78, 5) is 14.9. The van der Waals surface area contributed by atoms with Gasteiger partial charge in [0.05, 0.1) is 23.1 Å². The number of hydroxylamine groups is 2. The first-order valence-electron chi connectivity index (χ1n) is 7.42. The number of hydrogen-bond donors (Lipinski definition) is 1. The van der Waals surface area contributed by atoms with Gasteiger partial charge in [0.1, 0.15) is 0 Å². The maximum atomic E-state index is 12.4. The molecule has 1 aromatic carbocycles. The molecule has 0 bridgehead atoms. The van der Waals surface area contributed by atoms with Crippen LogP contribution in [0.5, 0.6) is 0 Å². The van der Waals surface area contributed by atoms with Gasteiger partial charge in [-0.05, 0) is 24.1 Å². The zero-order valence-electron chi connectivity index (χ0n) is 12.9. The lowest BCUT2D eigenvalue weighted by Crippen LogP contribution is -2.37. The molecule has 1 atom stereocenters. The Balaban J connectivity index is 2.16. The standard InChI is InChI=1S/C16H20N2O4S/c1-2-5-15(18(20)12-19)11-23(21,22)10-13-8-14-6-3-4-7-16(14)17-9-13/h3-4,6-9,12,15,20H,2,5,10-11H2,1H3. The number of amides is 1. The number of benzene rings is 1. The first-order valence-corrected chi connectivity index (χ1v) is 9.24. The van der Waals surface area contributed by atoms with E-state index in [1.807, 2.05) is 31.2 Å². The summed E-state index contributed by atoms with van der Waals surface area (Å²) < 4.78 is 24.7. The predicted molar refractivity (Wildman–Crippen MR) is 87.6 cm³/mol. The highest BCUT2D eigenvalue weighted by molar-refractivity contribution is 7.90. The van der Waals surface area contributed by atoms with Crippen molar-refractivity contribution in [1.29, 1.82) is 0 Å². The highest BCUT2D eigenvalue weighted by atomic mass is 32.2. The fourth-order valence-electron chi connectivity index (χ4n) is 2.51. The molecule has 0 spiro atoms. The Bertz CT molecular complexity index is 776. The van der Waals surface area contributed by atoms with E-state index in [1.54, 1.807) is 12.3 Å². The summed E-state index contributed by atoms with van der Waals surface area (Å²) in [5.74, 6) is -0.444. The molecule has 0 saturated heterocycles. The van der Waals surface area contributed by atoms with Gasteiger partial charge in [-0.25, -0.2) is 13.5 Å². The summed E-state index contributed by atoms with van der Waals surface area (Å²) in [7, 11) is -3.48. The van der Waals surface area contributed by atoms with Gasteiger partial charge in [0.25, 0.3) is 0 Å². The molecule has 1 heterocycles. The normalized spacial score (nSPS) is 13.0. The third-order valence-corrected chi connectivity index (χ3v) is 5.25. The average molecular weight is 336 g/mol. The molecule has 1 amide bonds. The van der Waals surface area contributed by atoms with Crippen LogP contribution in [0.4, 0.5) is 0 Å². The minimum atomic E-state index is -3.48. The number of hydrogen-bond acceptors (Lipinski definition) is 5. The second-order valence-corrected chi connectivity index (χ2v) is 7.63. The molecule has 23 heavy (non-hydrogen) atoms. The zero-order valence-corrected chi connectivity index (χ0v) is 13.7. The first-order chi connectivity index (χ1) is 10.9. The minimum absolute atomic E-state index is 0.169. The SMILES string of the molecule is CCCC(CS(=O)(=O)Cc1cnc2ccccc2c1)N(O)C=O. The van der Waals surface area contributed by atoms with Crippen LogP contribution in [-0.4, -0.2) is 41.9 Å². The van der Waals surface area contributed by atoms with Crippen molar-refractivity contribution in [2.75, 3.05) is 5.75 Å². The third-order valence-electron chi connectivity index (χ3n) is 3.58. The summed E-state index contributed by atoms with van der Waals surface area (Å²) in [6.07, 6.45) is 2.88. The monoisotopic (exact) mass is 336 g/mol. The molecule has 0 fully saturated rings. The van der Waals surface area contributed by atoms with E-state index in [2.05, 4.69) is 4.98 Å². The molecule has 0 radical (unpaired) electrons. The lowest BCUT2D eigenvalue weighted by Gasteiger charge is -2.21. The van der Waals surface area contributed by atoms with Crippen molar-refractivity contribution in [1.82, 2.24) is 10.0 Å². The van der Waals surface area contributed by atoms with Crippen molar-refractivity contribution in [3.05, 3.63) is 42.1 Å². The molecule has 2 aromatic rings. The molecule has 6 nitrogen and oxygen atoms in total. The largest absolute Gasteiger partial charge is 0.286 e. The summed E-state index contributed by atoms with van der Waals surface area (Å²) in [6, 6.07) is 8.55. The molecule has 0 aliphatic heterocycles. The van der Waals surface area contributed by atoms with E-state index < -0.39 is 15.9 Å². The second kappa shape index (κ2) is 7.52. The maximum absolute atomic E-state index is 12.4. The number of sulfone groups is 1. The summed E-state index contributed by atoms with van der Waals surface area (Å²) in [5, 5.41) is 10.8. The summed E-state index contributed by atoms with van der Waals surface area (Å²) in [6.45, 7) is 1.87. The minimum Gasteiger partial charge on any atom is -0.286 e. The number of nitrogens with zero attached hydrogens (tertiary/aromatic N) is 2. The van der Waals surface area contributed by atoms with E-state index in [-0.39, 0.29) is 17.9 Å². The van der Waals surface area contributed by atoms with Crippen LogP contribution in [0.2, 0.25) is 0 Å². The van der Waals surface area contributed by atoms with E-state index in [0.717, 1.165) is 10.9 Å². The Morgan fingerprint density at radius 1 is 1.35 bits per heavy atom. The molecule has 1 unspecified atom stereocenters. The lowest BCUT2D eigenvalue weighted by molar-refractivity contribution is -0.158. The van der Waals surface area contributed by atoms with Crippen molar-refractivity contribution >= 4 is 27.2 Å². The van der Waals surface area contributed by atoms with Crippen LogP contribution in [0.3, 0.4) is 0 Å². The van der Waals surface area contributed by atoms with Crippen LogP contribution in [0.25, 0.3) is 10.9 Å². The van der Waals surface area contributed by atoms with Gasteiger partial charge in [-0.2, -0.15) is 0 Å². The smallest absolute Gasteiger partial charge is 0.233 e. The van der Waals surface area contributed by atoms with Crippen LogP contribution in [0.15, 0.2) is 36.5 Å². The van der Waals surface area contributed by atoms with E-state index in [0.29, 0.717) is 23.5 Å². The molecule has 0 aliphatic carbocycles. The lowest BCUT2D eigenvalue weighted by atomic mass is 10.2. The van der Waals surface area contributed by atoms with Crippen LogP contribution < -0.4 is 0 Å². The molecular formula is C16H20N2O4S.